The number of amides is 2. The topological polar surface area (TPSA) is 132 Å². The number of aryl methyl sites for hydroxylation is 1. The van der Waals surface area contributed by atoms with Crippen molar-refractivity contribution in [1.29, 1.82) is 0 Å². The van der Waals surface area contributed by atoms with Crippen LogP contribution in [-0.2, 0) is 9.59 Å². The number of hydrogen-bond donors (Lipinski definition) is 2. The first kappa shape index (κ1) is 14.6. The molecule has 1 aliphatic heterocycles. The van der Waals surface area contributed by atoms with E-state index in [2.05, 4.69) is 20.7 Å². The maximum atomic E-state index is 12.4. The van der Waals surface area contributed by atoms with Crippen molar-refractivity contribution in [2.45, 2.75) is 19.4 Å². The van der Waals surface area contributed by atoms with Gasteiger partial charge in [-0.3, -0.25) is 25.0 Å². The molecule has 0 unspecified atom stereocenters. The van der Waals surface area contributed by atoms with E-state index in [1.165, 1.54) is 28.9 Å². The Morgan fingerprint density at radius 1 is 1.43 bits per heavy atom. The lowest BCUT2D eigenvalue weighted by Crippen LogP contribution is -2.36. The number of rotatable bonds is 3. The second-order valence-electron chi connectivity index (χ2n) is 4.99. The van der Waals surface area contributed by atoms with Crippen LogP contribution in [0.1, 0.15) is 18.3 Å². The van der Waals surface area contributed by atoms with Gasteiger partial charge in [-0.25, -0.2) is 4.68 Å². The SMILES string of the molecule is Cc1nc2n(n1)[C@@H](C(=O)Nc1ccc([N+](=O)[O-])cc1)CC(=O)N2. The van der Waals surface area contributed by atoms with Crippen molar-refractivity contribution in [1.82, 2.24) is 14.8 Å². The van der Waals surface area contributed by atoms with Crippen molar-refractivity contribution in [3.8, 4) is 0 Å². The van der Waals surface area contributed by atoms with E-state index in [-0.39, 0.29) is 24.0 Å². The van der Waals surface area contributed by atoms with Gasteiger partial charge in [-0.1, -0.05) is 0 Å². The van der Waals surface area contributed by atoms with Crippen LogP contribution in [0, 0.1) is 17.0 Å². The molecule has 2 aromatic rings. The number of aromatic nitrogens is 3. The average molecular weight is 316 g/mol. The zero-order chi connectivity index (χ0) is 16.6. The van der Waals surface area contributed by atoms with Gasteiger partial charge in [-0.15, -0.1) is 0 Å². The summed E-state index contributed by atoms with van der Waals surface area (Å²) >= 11 is 0. The first-order chi connectivity index (χ1) is 10.9. The fourth-order valence-corrected chi connectivity index (χ4v) is 2.27. The van der Waals surface area contributed by atoms with Crippen LogP contribution >= 0.6 is 0 Å². The van der Waals surface area contributed by atoms with Gasteiger partial charge in [0, 0.05) is 17.8 Å². The van der Waals surface area contributed by atoms with Crippen molar-refractivity contribution < 1.29 is 14.5 Å². The number of fused-ring (bicyclic) bond motifs is 1. The number of non-ortho nitro benzene ring substituents is 1. The smallest absolute Gasteiger partial charge is 0.269 e. The molecule has 0 saturated heterocycles. The van der Waals surface area contributed by atoms with E-state index in [4.69, 9.17) is 0 Å². The summed E-state index contributed by atoms with van der Waals surface area (Å²) in [6.45, 7) is 1.66. The summed E-state index contributed by atoms with van der Waals surface area (Å²) in [5, 5.41) is 19.9. The highest BCUT2D eigenvalue weighted by Crippen LogP contribution is 2.24. The van der Waals surface area contributed by atoms with Crippen LogP contribution in [0.3, 0.4) is 0 Å². The van der Waals surface area contributed by atoms with Crippen LogP contribution in [0.15, 0.2) is 24.3 Å². The number of carbonyl (C=O) groups is 2. The molecule has 10 nitrogen and oxygen atoms in total. The first-order valence-electron chi connectivity index (χ1n) is 6.72. The van der Waals surface area contributed by atoms with Gasteiger partial charge in [0.25, 0.3) is 5.69 Å². The molecule has 3 rings (SSSR count). The van der Waals surface area contributed by atoms with Crippen molar-refractivity contribution in [2.24, 2.45) is 0 Å². The molecule has 1 aliphatic rings. The highest BCUT2D eigenvalue weighted by atomic mass is 16.6. The summed E-state index contributed by atoms with van der Waals surface area (Å²) in [5.41, 5.74) is 0.319. The van der Waals surface area contributed by atoms with E-state index in [0.29, 0.717) is 11.5 Å². The standard InChI is InChI=1S/C13H12N6O4/c1-7-14-13-16-11(20)6-10(18(13)17-7)12(21)15-8-2-4-9(5-3-8)19(22)23/h2-5,10H,6H2,1H3,(H,15,21)(H,14,16,17,20)/t10-/m1/s1. The lowest BCUT2D eigenvalue weighted by atomic mass is 10.1. The van der Waals surface area contributed by atoms with Crippen LogP contribution < -0.4 is 10.6 Å². The Morgan fingerprint density at radius 3 is 2.78 bits per heavy atom. The fourth-order valence-electron chi connectivity index (χ4n) is 2.27. The molecule has 1 aromatic carbocycles. The predicted molar refractivity (Wildman–Crippen MR) is 78.8 cm³/mol. The zero-order valence-corrected chi connectivity index (χ0v) is 12.0. The van der Waals surface area contributed by atoms with Gasteiger partial charge in [0.1, 0.15) is 11.9 Å². The molecule has 2 heterocycles. The van der Waals surface area contributed by atoms with Crippen molar-refractivity contribution >= 4 is 29.1 Å². The predicted octanol–water partition coefficient (Wildman–Crippen LogP) is 1.02. The Balaban J connectivity index is 1.80. The van der Waals surface area contributed by atoms with Crippen molar-refractivity contribution in [3.05, 3.63) is 40.2 Å². The Labute approximate surface area is 129 Å². The zero-order valence-electron chi connectivity index (χ0n) is 12.0. The Kier molecular flexibility index (Phi) is 3.48. The molecule has 0 bridgehead atoms. The van der Waals surface area contributed by atoms with Crippen molar-refractivity contribution in [2.75, 3.05) is 10.6 Å². The van der Waals surface area contributed by atoms with E-state index >= 15 is 0 Å². The molecule has 2 N–H and O–H groups in total. The Hall–Kier alpha value is -3.30. The van der Waals surface area contributed by atoms with Gasteiger partial charge >= 0.3 is 0 Å². The molecular weight excluding hydrogens is 304 g/mol. The van der Waals surface area contributed by atoms with Crippen LogP contribution in [-0.4, -0.2) is 31.5 Å². The fraction of sp³-hybridized carbons (Fsp3) is 0.231. The first-order valence-corrected chi connectivity index (χ1v) is 6.72. The van der Waals surface area contributed by atoms with Crippen LogP contribution in [0.5, 0.6) is 0 Å². The molecular formula is C13H12N6O4. The van der Waals surface area contributed by atoms with E-state index in [1.807, 2.05) is 0 Å². The minimum Gasteiger partial charge on any atom is -0.324 e. The van der Waals surface area contributed by atoms with Crippen molar-refractivity contribution in [3.63, 3.8) is 0 Å². The minimum absolute atomic E-state index is 0.0609. The summed E-state index contributed by atoms with van der Waals surface area (Å²) in [5.74, 6) is -0.105. The molecule has 0 radical (unpaired) electrons. The summed E-state index contributed by atoms with van der Waals surface area (Å²) in [7, 11) is 0. The minimum atomic E-state index is -0.824. The monoisotopic (exact) mass is 316 g/mol. The third-order valence-electron chi connectivity index (χ3n) is 3.31. The lowest BCUT2D eigenvalue weighted by Gasteiger charge is -2.22. The summed E-state index contributed by atoms with van der Waals surface area (Å²) in [6.07, 6.45) is -0.0609. The van der Waals surface area contributed by atoms with Gasteiger partial charge in [0.2, 0.25) is 17.8 Å². The number of nitrogens with zero attached hydrogens (tertiary/aromatic N) is 4. The number of nitro groups is 1. The number of nitrogens with one attached hydrogen (secondary N) is 2. The maximum absolute atomic E-state index is 12.4. The van der Waals surface area contributed by atoms with Crippen LogP contribution in [0.2, 0.25) is 0 Å². The maximum Gasteiger partial charge on any atom is 0.269 e. The molecule has 0 spiro atoms. The number of benzene rings is 1. The number of carbonyl (C=O) groups excluding carboxylic acids is 2. The molecule has 2 amide bonds. The van der Waals surface area contributed by atoms with Gasteiger partial charge in [-0.05, 0) is 19.1 Å². The molecule has 23 heavy (non-hydrogen) atoms. The van der Waals surface area contributed by atoms with E-state index in [9.17, 15) is 19.7 Å². The normalized spacial score (nSPS) is 16.4. The highest BCUT2D eigenvalue weighted by molar-refractivity contribution is 6.00. The third-order valence-corrected chi connectivity index (χ3v) is 3.31. The lowest BCUT2D eigenvalue weighted by molar-refractivity contribution is -0.384. The largest absolute Gasteiger partial charge is 0.324 e. The third kappa shape index (κ3) is 2.86. The van der Waals surface area contributed by atoms with Crippen LogP contribution in [0.4, 0.5) is 17.3 Å². The Morgan fingerprint density at radius 2 is 2.13 bits per heavy atom. The molecule has 0 saturated carbocycles. The van der Waals surface area contributed by atoms with Crippen LogP contribution in [0.25, 0.3) is 0 Å². The Bertz CT molecular complexity index is 797. The van der Waals surface area contributed by atoms with E-state index in [1.54, 1.807) is 6.92 Å². The summed E-state index contributed by atoms with van der Waals surface area (Å²) in [6, 6.07) is 4.59. The van der Waals surface area contributed by atoms with E-state index in [0.717, 1.165) is 0 Å². The second kappa shape index (κ2) is 5.48. The second-order valence-corrected chi connectivity index (χ2v) is 4.99. The molecule has 1 aromatic heterocycles. The number of hydrogen-bond acceptors (Lipinski definition) is 6. The van der Waals surface area contributed by atoms with E-state index < -0.39 is 16.9 Å². The quantitative estimate of drug-likeness (QED) is 0.641. The number of anilines is 2. The number of nitro benzene ring substituents is 1. The van der Waals surface area contributed by atoms with Gasteiger partial charge < -0.3 is 5.32 Å². The average Bonchev–Trinajstić information content (AvgIpc) is 2.86. The summed E-state index contributed by atoms with van der Waals surface area (Å²) in [4.78, 5) is 38.2. The van der Waals surface area contributed by atoms with Gasteiger partial charge in [0.05, 0.1) is 11.3 Å². The summed E-state index contributed by atoms with van der Waals surface area (Å²) < 4.78 is 1.36. The molecule has 118 valence electrons. The highest BCUT2D eigenvalue weighted by Gasteiger charge is 2.32. The molecule has 0 aliphatic carbocycles. The van der Waals surface area contributed by atoms with Gasteiger partial charge in [0.15, 0.2) is 0 Å². The molecule has 10 heteroatoms. The molecule has 1 atom stereocenters. The van der Waals surface area contributed by atoms with Gasteiger partial charge in [-0.2, -0.15) is 10.1 Å². The molecule has 0 fully saturated rings.